The fourth-order valence-electron chi connectivity index (χ4n) is 1.64. The third-order valence-corrected chi connectivity index (χ3v) is 2.61. The molecule has 1 N–H and O–H groups in total. The minimum Gasteiger partial charge on any atom is -0.392 e. The van der Waals surface area contributed by atoms with Crippen molar-refractivity contribution in [2.24, 2.45) is 0 Å². The van der Waals surface area contributed by atoms with E-state index in [0.29, 0.717) is 23.7 Å². The van der Waals surface area contributed by atoms with Crippen molar-refractivity contribution in [3.63, 3.8) is 0 Å². The molecule has 1 aromatic carbocycles. The Bertz CT molecular complexity index is 362. The van der Waals surface area contributed by atoms with Crippen molar-refractivity contribution in [3.05, 3.63) is 34.9 Å². The molecular weight excluding hydrogens is 238 g/mol. The fraction of sp³-hybridized carbons (Fsp3) is 0.462. The van der Waals surface area contributed by atoms with Crippen LogP contribution in [0.2, 0.25) is 5.02 Å². The van der Waals surface area contributed by atoms with Gasteiger partial charge in [-0.2, -0.15) is 0 Å². The van der Waals surface area contributed by atoms with E-state index >= 15 is 0 Å². The first-order chi connectivity index (χ1) is 8.04. The number of carbonyl (C=O) groups is 1. The average molecular weight is 256 g/mol. The molecule has 0 aliphatic carbocycles. The van der Waals surface area contributed by atoms with Crippen LogP contribution in [0.25, 0.3) is 0 Å². The Morgan fingerprint density at radius 2 is 2.00 bits per heavy atom. The summed E-state index contributed by atoms with van der Waals surface area (Å²) >= 11 is 5.78. The zero-order valence-electron chi connectivity index (χ0n) is 10.2. The van der Waals surface area contributed by atoms with Gasteiger partial charge in [-0.3, -0.25) is 4.79 Å². The van der Waals surface area contributed by atoms with E-state index in [1.165, 1.54) is 0 Å². The van der Waals surface area contributed by atoms with Crippen molar-refractivity contribution in [1.29, 1.82) is 0 Å². The number of halogens is 1. The molecule has 0 radical (unpaired) electrons. The molecule has 0 aliphatic rings. The van der Waals surface area contributed by atoms with Gasteiger partial charge in [0, 0.05) is 23.7 Å². The zero-order chi connectivity index (χ0) is 12.8. The van der Waals surface area contributed by atoms with Crippen LogP contribution in [0, 0.1) is 0 Å². The highest BCUT2D eigenvalue weighted by Gasteiger charge is 2.16. The third-order valence-electron chi connectivity index (χ3n) is 2.36. The van der Waals surface area contributed by atoms with Crippen LogP contribution >= 0.6 is 11.6 Å². The Kier molecular flexibility index (Phi) is 5.45. The van der Waals surface area contributed by atoms with Gasteiger partial charge >= 0.3 is 0 Å². The number of hydrogen-bond acceptors (Lipinski definition) is 2. The first-order valence-corrected chi connectivity index (χ1v) is 6.15. The maximum Gasteiger partial charge on any atom is 0.253 e. The Hall–Kier alpha value is -1.06. The van der Waals surface area contributed by atoms with Crippen LogP contribution in [0.1, 0.15) is 30.6 Å². The lowest BCUT2D eigenvalue weighted by atomic mass is 10.2. The smallest absolute Gasteiger partial charge is 0.253 e. The van der Waals surface area contributed by atoms with E-state index in [1.54, 1.807) is 36.1 Å². The van der Waals surface area contributed by atoms with Gasteiger partial charge < -0.3 is 10.0 Å². The predicted molar refractivity (Wildman–Crippen MR) is 69.3 cm³/mol. The molecule has 0 heterocycles. The number of hydrogen-bond donors (Lipinski definition) is 1. The quantitative estimate of drug-likeness (QED) is 0.879. The summed E-state index contributed by atoms with van der Waals surface area (Å²) in [6, 6.07) is 6.80. The highest BCUT2D eigenvalue weighted by molar-refractivity contribution is 6.30. The maximum atomic E-state index is 12.2. The average Bonchev–Trinajstić information content (AvgIpc) is 2.28. The Morgan fingerprint density at radius 3 is 2.47 bits per heavy atom. The number of aliphatic hydroxyl groups excluding tert-OH is 1. The number of carbonyl (C=O) groups excluding carboxylic acids is 1. The van der Waals surface area contributed by atoms with Crippen molar-refractivity contribution in [2.45, 2.75) is 26.4 Å². The summed E-state index contributed by atoms with van der Waals surface area (Å²) in [6.45, 7) is 4.68. The van der Waals surface area contributed by atoms with E-state index in [-0.39, 0.29) is 5.91 Å². The molecule has 3 nitrogen and oxygen atoms in total. The van der Waals surface area contributed by atoms with Crippen LogP contribution in [-0.2, 0) is 0 Å². The molecule has 1 aromatic rings. The number of amides is 1. The second-order valence-corrected chi connectivity index (χ2v) is 4.54. The molecule has 17 heavy (non-hydrogen) atoms. The zero-order valence-corrected chi connectivity index (χ0v) is 10.9. The van der Waals surface area contributed by atoms with Crippen molar-refractivity contribution in [1.82, 2.24) is 4.90 Å². The third kappa shape index (κ3) is 4.36. The van der Waals surface area contributed by atoms with Crippen LogP contribution in [0.5, 0.6) is 0 Å². The topological polar surface area (TPSA) is 40.5 Å². The van der Waals surface area contributed by atoms with Gasteiger partial charge in [0.2, 0.25) is 0 Å². The molecule has 0 aromatic heterocycles. The molecule has 0 saturated carbocycles. The number of benzene rings is 1. The fourth-order valence-corrected chi connectivity index (χ4v) is 1.77. The highest BCUT2D eigenvalue weighted by Crippen LogP contribution is 2.12. The molecule has 0 spiro atoms. The maximum absolute atomic E-state index is 12.2. The SMILES string of the molecule is CCCN(CC(C)O)C(=O)c1ccc(Cl)cc1. The number of aliphatic hydroxyl groups is 1. The lowest BCUT2D eigenvalue weighted by molar-refractivity contribution is 0.0648. The second-order valence-electron chi connectivity index (χ2n) is 4.11. The molecule has 1 amide bonds. The van der Waals surface area contributed by atoms with Gasteiger partial charge in [-0.1, -0.05) is 18.5 Å². The molecule has 4 heteroatoms. The van der Waals surface area contributed by atoms with Gasteiger partial charge in [-0.15, -0.1) is 0 Å². The molecular formula is C13H18ClNO2. The van der Waals surface area contributed by atoms with E-state index in [4.69, 9.17) is 11.6 Å². The second kappa shape index (κ2) is 6.62. The van der Waals surface area contributed by atoms with E-state index in [9.17, 15) is 9.90 Å². The normalized spacial score (nSPS) is 12.2. The summed E-state index contributed by atoms with van der Waals surface area (Å²) in [5.74, 6) is -0.0654. The number of rotatable bonds is 5. The Morgan fingerprint density at radius 1 is 1.41 bits per heavy atom. The van der Waals surface area contributed by atoms with Gasteiger partial charge in [0.05, 0.1) is 6.10 Å². The van der Waals surface area contributed by atoms with Crippen LogP contribution in [0.15, 0.2) is 24.3 Å². The molecule has 0 bridgehead atoms. The molecule has 0 saturated heterocycles. The summed E-state index contributed by atoms with van der Waals surface area (Å²) in [5.41, 5.74) is 0.600. The largest absolute Gasteiger partial charge is 0.392 e. The molecule has 94 valence electrons. The highest BCUT2D eigenvalue weighted by atomic mass is 35.5. The molecule has 1 unspecified atom stereocenters. The van der Waals surface area contributed by atoms with Gasteiger partial charge in [-0.05, 0) is 37.6 Å². The summed E-state index contributed by atoms with van der Waals surface area (Å²) in [7, 11) is 0. The molecule has 1 atom stereocenters. The van der Waals surface area contributed by atoms with E-state index in [1.807, 2.05) is 6.92 Å². The van der Waals surface area contributed by atoms with Crippen LogP contribution in [-0.4, -0.2) is 35.1 Å². The number of nitrogens with zero attached hydrogens (tertiary/aromatic N) is 1. The van der Waals surface area contributed by atoms with E-state index in [0.717, 1.165) is 6.42 Å². The van der Waals surface area contributed by atoms with Crippen molar-refractivity contribution in [2.75, 3.05) is 13.1 Å². The first kappa shape index (κ1) is 14.0. The summed E-state index contributed by atoms with van der Waals surface area (Å²) in [4.78, 5) is 13.8. The van der Waals surface area contributed by atoms with E-state index in [2.05, 4.69) is 0 Å². The minimum absolute atomic E-state index is 0.0654. The molecule has 0 fully saturated rings. The van der Waals surface area contributed by atoms with E-state index < -0.39 is 6.10 Å². The first-order valence-electron chi connectivity index (χ1n) is 5.77. The summed E-state index contributed by atoms with van der Waals surface area (Å²) in [5, 5.41) is 9.98. The molecule has 0 aliphatic heterocycles. The van der Waals surface area contributed by atoms with Gasteiger partial charge in [0.25, 0.3) is 5.91 Å². The Labute approximate surface area is 107 Å². The molecule has 1 rings (SSSR count). The van der Waals surface area contributed by atoms with Crippen molar-refractivity contribution in [3.8, 4) is 0 Å². The summed E-state index contributed by atoms with van der Waals surface area (Å²) < 4.78 is 0. The van der Waals surface area contributed by atoms with Gasteiger partial charge in [-0.25, -0.2) is 0 Å². The Balaban J connectivity index is 2.79. The lowest BCUT2D eigenvalue weighted by Crippen LogP contribution is -2.37. The van der Waals surface area contributed by atoms with Gasteiger partial charge in [0.1, 0.15) is 0 Å². The van der Waals surface area contributed by atoms with Crippen LogP contribution in [0.3, 0.4) is 0 Å². The van der Waals surface area contributed by atoms with Gasteiger partial charge in [0.15, 0.2) is 0 Å². The van der Waals surface area contributed by atoms with Crippen LogP contribution < -0.4 is 0 Å². The van der Waals surface area contributed by atoms with Crippen molar-refractivity contribution < 1.29 is 9.90 Å². The lowest BCUT2D eigenvalue weighted by Gasteiger charge is -2.23. The van der Waals surface area contributed by atoms with Crippen molar-refractivity contribution >= 4 is 17.5 Å². The monoisotopic (exact) mass is 255 g/mol. The standard InChI is InChI=1S/C13H18ClNO2/c1-3-8-15(9-10(2)16)13(17)11-4-6-12(14)7-5-11/h4-7,10,16H,3,8-9H2,1-2H3. The predicted octanol–water partition coefficient (Wildman–Crippen LogP) is 2.57. The minimum atomic E-state index is -0.516. The summed E-state index contributed by atoms with van der Waals surface area (Å²) in [6.07, 6.45) is 0.351. The van der Waals surface area contributed by atoms with Crippen LogP contribution in [0.4, 0.5) is 0 Å².